The van der Waals surface area contributed by atoms with Gasteiger partial charge in [0.2, 0.25) is 0 Å². The zero-order valence-electron chi connectivity index (χ0n) is 9.66. The Morgan fingerprint density at radius 1 is 1.14 bits per heavy atom. The number of rotatable bonds is 2. The van der Waals surface area contributed by atoms with Gasteiger partial charge in [0.25, 0.3) is 0 Å². The Morgan fingerprint density at radius 3 is 2.29 bits per heavy atom. The summed E-state index contributed by atoms with van der Waals surface area (Å²) in [4.78, 5) is 2.06. The van der Waals surface area contributed by atoms with Crippen LogP contribution in [-0.4, -0.2) is 19.7 Å². The molecule has 1 aromatic rings. The Hall–Kier alpha value is -1.18. The van der Waals surface area contributed by atoms with E-state index >= 15 is 0 Å². The van der Waals surface area contributed by atoms with Crippen LogP contribution in [0.1, 0.15) is 20.8 Å². The van der Waals surface area contributed by atoms with E-state index in [1.165, 1.54) is 0 Å². The van der Waals surface area contributed by atoms with E-state index in [1.807, 2.05) is 32.3 Å². The molecule has 0 aliphatic rings. The Bertz CT molecular complexity index is 299. The van der Waals surface area contributed by atoms with Gasteiger partial charge in [-0.1, -0.05) is 6.07 Å². The van der Waals surface area contributed by atoms with Gasteiger partial charge in [0.1, 0.15) is 11.4 Å². The number of nitrogens with zero attached hydrogens (tertiary/aromatic N) is 1. The van der Waals surface area contributed by atoms with Crippen LogP contribution >= 0.6 is 0 Å². The van der Waals surface area contributed by atoms with E-state index in [1.54, 1.807) is 0 Å². The molecule has 0 bridgehead atoms. The second-order valence-electron chi connectivity index (χ2n) is 4.61. The molecule has 0 amide bonds. The maximum Gasteiger partial charge on any atom is 0.122 e. The SMILES string of the molecule is CN(C)c1cccc(OC(C)(C)C)c1. The van der Waals surface area contributed by atoms with Crippen molar-refractivity contribution < 1.29 is 4.74 Å². The van der Waals surface area contributed by atoms with Crippen molar-refractivity contribution in [3.8, 4) is 5.75 Å². The van der Waals surface area contributed by atoms with E-state index in [0.717, 1.165) is 11.4 Å². The minimum Gasteiger partial charge on any atom is -0.488 e. The second-order valence-corrected chi connectivity index (χ2v) is 4.61. The van der Waals surface area contributed by atoms with E-state index in [-0.39, 0.29) is 5.60 Å². The molecule has 78 valence electrons. The number of benzene rings is 1. The van der Waals surface area contributed by atoms with Crippen LogP contribution in [0.15, 0.2) is 24.3 Å². The Kier molecular flexibility index (Phi) is 3.04. The van der Waals surface area contributed by atoms with Gasteiger partial charge in [-0.05, 0) is 32.9 Å². The molecule has 0 aliphatic carbocycles. The zero-order chi connectivity index (χ0) is 10.8. The van der Waals surface area contributed by atoms with Gasteiger partial charge in [-0.2, -0.15) is 0 Å². The van der Waals surface area contributed by atoms with Crippen LogP contribution in [0.3, 0.4) is 0 Å². The van der Waals surface area contributed by atoms with E-state index in [4.69, 9.17) is 4.74 Å². The number of hydrogen-bond acceptors (Lipinski definition) is 2. The normalized spacial score (nSPS) is 11.2. The topological polar surface area (TPSA) is 12.5 Å². The third kappa shape index (κ3) is 3.29. The van der Waals surface area contributed by atoms with Crippen LogP contribution in [0, 0.1) is 0 Å². The molecule has 0 saturated carbocycles. The molecule has 0 aromatic heterocycles. The van der Waals surface area contributed by atoms with Crippen molar-refractivity contribution in [3.63, 3.8) is 0 Å². The van der Waals surface area contributed by atoms with Crippen LogP contribution in [0.4, 0.5) is 5.69 Å². The van der Waals surface area contributed by atoms with Gasteiger partial charge in [-0.25, -0.2) is 0 Å². The minimum atomic E-state index is -0.134. The molecule has 0 aliphatic heterocycles. The number of ether oxygens (including phenoxy) is 1. The Balaban J connectivity index is 2.84. The molecule has 0 saturated heterocycles. The molecule has 2 heteroatoms. The predicted octanol–water partition coefficient (Wildman–Crippen LogP) is 2.93. The maximum absolute atomic E-state index is 5.77. The van der Waals surface area contributed by atoms with Crippen molar-refractivity contribution >= 4 is 5.69 Å². The summed E-state index contributed by atoms with van der Waals surface area (Å²) >= 11 is 0. The highest BCUT2D eigenvalue weighted by Crippen LogP contribution is 2.22. The van der Waals surface area contributed by atoms with Crippen molar-refractivity contribution in [3.05, 3.63) is 24.3 Å². The summed E-state index contributed by atoms with van der Waals surface area (Å²) in [7, 11) is 4.05. The molecular formula is C12H19NO. The van der Waals surface area contributed by atoms with Crippen LogP contribution in [0.25, 0.3) is 0 Å². The Labute approximate surface area is 86.5 Å². The fraction of sp³-hybridized carbons (Fsp3) is 0.500. The van der Waals surface area contributed by atoms with Gasteiger partial charge >= 0.3 is 0 Å². The fourth-order valence-electron chi connectivity index (χ4n) is 1.18. The van der Waals surface area contributed by atoms with Gasteiger partial charge in [-0.3, -0.25) is 0 Å². The van der Waals surface area contributed by atoms with E-state index < -0.39 is 0 Å². The third-order valence-electron chi connectivity index (χ3n) is 1.76. The van der Waals surface area contributed by atoms with Gasteiger partial charge < -0.3 is 9.64 Å². The zero-order valence-corrected chi connectivity index (χ0v) is 9.66. The van der Waals surface area contributed by atoms with Crippen LogP contribution in [0.5, 0.6) is 5.75 Å². The molecule has 0 atom stereocenters. The number of hydrogen-bond donors (Lipinski definition) is 0. The highest BCUT2D eigenvalue weighted by molar-refractivity contribution is 5.49. The van der Waals surface area contributed by atoms with E-state index in [0.29, 0.717) is 0 Å². The third-order valence-corrected chi connectivity index (χ3v) is 1.76. The minimum absolute atomic E-state index is 0.134. The number of anilines is 1. The van der Waals surface area contributed by atoms with Crippen LogP contribution < -0.4 is 9.64 Å². The average molecular weight is 193 g/mol. The van der Waals surface area contributed by atoms with Crippen molar-refractivity contribution in [1.82, 2.24) is 0 Å². The molecule has 1 rings (SSSR count). The second kappa shape index (κ2) is 3.91. The molecule has 0 fully saturated rings. The first-order valence-corrected chi connectivity index (χ1v) is 4.85. The summed E-state index contributed by atoms with van der Waals surface area (Å²) in [5, 5.41) is 0. The highest BCUT2D eigenvalue weighted by atomic mass is 16.5. The first-order valence-electron chi connectivity index (χ1n) is 4.85. The van der Waals surface area contributed by atoms with E-state index in [2.05, 4.69) is 31.7 Å². The van der Waals surface area contributed by atoms with Crippen molar-refractivity contribution in [2.45, 2.75) is 26.4 Å². The molecule has 0 N–H and O–H groups in total. The van der Waals surface area contributed by atoms with Gasteiger partial charge in [0, 0.05) is 25.8 Å². The molecular weight excluding hydrogens is 174 g/mol. The molecule has 0 heterocycles. The first-order chi connectivity index (χ1) is 6.38. The summed E-state index contributed by atoms with van der Waals surface area (Å²) in [6.07, 6.45) is 0. The Morgan fingerprint density at radius 2 is 1.79 bits per heavy atom. The lowest BCUT2D eigenvalue weighted by Gasteiger charge is -2.22. The van der Waals surface area contributed by atoms with Gasteiger partial charge in [-0.15, -0.1) is 0 Å². The molecule has 0 unspecified atom stereocenters. The summed E-state index contributed by atoms with van der Waals surface area (Å²) < 4.78 is 5.77. The van der Waals surface area contributed by atoms with Gasteiger partial charge in [0.15, 0.2) is 0 Å². The summed E-state index contributed by atoms with van der Waals surface area (Å²) in [6, 6.07) is 8.11. The maximum atomic E-state index is 5.77. The lowest BCUT2D eigenvalue weighted by atomic mass is 10.2. The first kappa shape index (κ1) is 10.9. The molecule has 1 aromatic carbocycles. The molecule has 0 radical (unpaired) electrons. The van der Waals surface area contributed by atoms with Crippen molar-refractivity contribution in [1.29, 1.82) is 0 Å². The lowest BCUT2D eigenvalue weighted by Crippen LogP contribution is -2.23. The van der Waals surface area contributed by atoms with Gasteiger partial charge in [0.05, 0.1) is 0 Å². The van der Waals surface area contributed by atoms with Crippen molar-refractivity contribution in [2.75, 3.05) is 19.0 Å². The molecule has 14 heavy (non-hydrogen) atoms. The average Bonchev–Trinajstić information content (AvgIpc) is 2.01. The fourth-order valence-corrected chi connectivity index (χ4v) is 1.18. The lowest BCUT2D eigenvalue weighted by molar-refractivity contribution is 0.131. The monoisotopic (exact) mass is 193 g/mol. The van der Waals surface area contributed by atoms with Crippen LogP contribution in [0.2, 0.25) is 0 Å². The smallest absolute Gasteiger partial charge is 0.122 e. The summed E-state index contributed by atoms with van der Waals surface area (Å²) in [5.74, 6) is 0.920. The molecule has 0 spiro atoms. The standard InChI is InChI=1S/C12H19NO/c1-12(2,3)14-11-8-6-7-10(9-11)13(4)5/h6-9H,1-5H3. The summed E-state index contributed by atoms with van der Waals surface area (Å²) in [5.41, 5.74) is 1.03. The predicted molar refractivity (Wildman–Crippen MR) is 61.2 cm³/mol. The van der Waals surface area contributed by atoms with E-state index in [9.17, 15) is 0 Å². The quantitative estimate of drug-likeness (QED) is 0.716. The largest absolute Gasteiger partial charge is 0.488 e. The van der Waals surface area contributed by atoms with Crippen molar-refractivity contribution in [2.24, 2.45) is 0 Å². The highest BCUT2D eigenvalue weighted by Gasteiger charge is 2.11. The molecule has 2 nitrogen and oxygen atoms in total. The summed E-state index contributed by atoms with van der Waals surface area (Å²) in [6.45, 7) is 6.15. The van der Waals surface area contributed by atoms with Crippen LogP contribution in [-0.2, 0) is 0 Å².